The lowest BCUT2D eigenvalue weighted by atomic mass is 10.1. The quantitative estimate of drug-likeness (QED) is 0.798. The molecule has 0 spiro atoms. The van der Waals surface area contributed by atoms with E-state index in [4.69, 9.17) is 5.11 Å². The Balaban J connectivity index is 2.34. The molecule has 1 nitrogen and oxygen atoms in total. The lowest BCUT2D eigenvalue weighted by molar-refractivity contribution is 0.322. The minimum absolute atomic E-state index is 0.233. The van der Waals surface area contributed by atoms with Crippen molar-refractivity contribution >= 4 is 22.5 Å². The van der Waals surface area contributed by atoms with E-state index in [2.05, 4.69) is 43.3 Å². The fourth-order valence-corrected chi connectivity index (χ4v) is 2.30. The first-order valence-electron chi connectivity index (χ1n) is 5.04. The van der Waals surface area contributed by atoms with E-state index in [1.165, 1.54) is 21.2 Å². The number of aliphatic hydroxyl groups excluding tert-OH is 1. The van der Waals surface area contributed by atoms with Gasteiger partial charge in [-0.25, -0.2) is 0 Å². The Kier molecular flexibility index (Phi) is 3.29. The molecule has 2 rings (SSSR count). The summed E-state index contributed by atoms with van der Waals surface area (Å²) in [7, 11) is 0. The van der Waals surface area contributed by atoms with E-state index in [1.54, 1.807) is 11.8 Å². The van der Waals surface area contributed by atoms with Crippen LogP contribution in [0.1, 0.15) is 5.56 Å². The second-order valence-corrected chi connectivity index (χ2v) is 4.75. The van der Waals surface area contributed by atoms with E-state index in [-0.39, 0.29) is 6.61 Å². The van der Waals surface area contributed by atoms with Gasteiger partial charge < -0.3 is 5.11 Å². The van der Waals surface area contributed by atoms with E-state index in [9.17, 15) is 0 Å². The zero-order chi connectivity index (χ0) is 10.7. The van der Waals surface area contributed by atoms with Crippen molar-refractivity contribution in [2.24, 2.45) is 0 Å². The van der Waals surface area contributed by atoms with E-state index < -0.39 is 0 Å². The maximum atomic E-state index is 8.76. The van der Waals surface area contributed by atoms with Gasteiger partial charge in [-0.15, -0.1) is 11.8 Å². The van der Waals surface area contributed by atoms with Crippen LogP contribution in [0, 0.1) is 6.92 Å². The molecular formula is C13H14OS. The molecule has 0 aliphatic carbocycles. The second-order valence-electron chi connectivity index (χ2n) is 3.58. The first-order chi connectivity index (χ1) is 7.29. The lowest BCUT2D eigenvalue weighted by Gasteiger charge is -2.03. The maximum absolute atomic E-state index is 8.76. The SMILES string of the molecule is Cc1ccc2cc(SCCO)ccc2c1. The summed E-state index contributed by atoms with van der Waals surface area (Å²) in [5.41, 5.74) is 1.29. The number of rotatable bonds is 3. The molecule has 0 aliphatic rings. The number of thioether (sulfide) groups is 1. The van der Waals surface area contributed by atoms with Crippen LogP contribution in [0.4, 0.5) is 0 Å². The van der Waals surface area contributed by atoms with Crippen molar-refractivity contribution in [2.75, 3.05) is 12.4 Å². The minimum Gasteiger partial charge on any atom is -0.396 e. The Morgan fingerprint density at radius 1 is 1.07 bits per heavy atom. The van der Waals surface area contributed by atoms with Crippen molar-refractivity contribution in [2.45, 2.75) is 11.8 Å². The molecular weight excluding hydrogens is 204 g/mol. The highest BCUT2D eigenvalue weighted by atomic mass is 32.2. The van der Waals surface area contributed by atoms with E-state index in [0.717, 1.165) is 5.75 Å². The van der Waals surface area contributed by atoms with E-state index in [1.807, 2.05) is 0 Å². The molecule has 0 aromatic heterocycles. The Bertz CT molecular complexity index is 465. The molecule has 0 saturated heterocycles. The monoisotopic (exact) mass is 218 g/mol. The summed E-state index contributed by atoms with van der Waals surface area (Å²) < 4.78 is 0. The van der Waals surface area contributed by atoms with Gasteiger partial charge in [0.1, 0.15) is 0 Å². The highest BCUT2D eigenvalue weighted by molar-refractivity contribution is 7.99. The normalized spacial score (nSPS) is 10.8. The molecule has 0 saturated carbocycles. The predicted molar refractivity (Wildman–Crippen MR) is 66.5 cm³/mol. The largest absolute Gasteiger partial charge is 0.396 e. The van der Waals surface area contributed by atoms with Crippen molar-refractivity contribution in [1.29, 1.82) is 0 Å². The molecule has 0 atom stereocenters. The van der Waals surface area contributed by atoms with Crippen LogP contribution in [-0.4, -0.2) is 17.5 Å². The van der Waals surface area contributed by atoms with Gasteiger partial charge in [0.05, 0.1) is 6.61 Å². The van der Waals surface area contributed by atoms with E-state index in [0.29, 0.717) is 0 Å². The van der Waals surface area contributed by atoms with Crippen LogP contribution in [0.5, 0.6) is 0 Å². The highest BCUT2D eigenvalue weighted by Gasteiger charge is 1.97. The van der Waals surface area contributed by atoms with Gasteiger partial charge in [0.25, 0.3) is 0 Å². The summed E-state index contributed by atoms with van der Waals surface area (Å²) in [5, 5.41) is 11.3. The van der Waals surface area contributed by atoms with Crippen LogP contribution in [0.25, 0.3) is 10.8 Å². The Labute approximate surface area is 94.1 Å². The third-order valence-electron chi connectivity index (χ3n) is 2.33. The third kappa shape index (κ3) is 2.52. The number of aliphatic hydroxyl groups is 1. The van der Waals surface area contributed by atoms with Gasteiger partial charge in [0.2, 0.25) is 0 Å². The molecule has 0 radical (unpaired) electrons. The van der Waals surface area contributed by atoms with Crippen LogP contribution < -0.4 is 0 Å². The van der Waals surface area contributed by atoms with Gasteiger partial charge in [-0.05, 0) is 29.8 Å². The molecule has 0 unspecified atom stereocenters. The lowest BCUT2D eigenvalue weighted by Crippen LogP contribution is -1.85. The van der Waals surface area contributed by atoms with Gasteiger partial charge in [-0.1, -0.05) is 29.8 Å². The number of benzene rings is 2. The number of hydrogen-bond acceptors (Lipinski definition) is 2. The number of fused-ring (bicyclic) bond motifs is 1. The molecule has 2 aromatic carbocycles. The molecule has 0 amide bonds. The topological polar surface area (TPSA) is 20.2 Å². The van der Waals surface area contributed by atoms with E-state index >= 15 is 0 Å². The standard InChI is InChI=1S/C13H14OS/c1-10-2-3-12-9-13(15-7-6-14)5-4-11(12)8-10/h2-5,8-9,14H,6-7H2,1H3. The zero-order valence-corrected chi connectivity index (χ0v) is 9.55. The molecule has 0 heterocycles. The van der Waals surface area contributed by atoms with Gasteiger partial charge in [-0.2, -0.15) is 0 Å². The predicted octanol–water partition coefficient (Wildman–Crippen LogP) is 3.23. The fraction of sp³-hybridized carbons (Fsp3) is 0.231. The maximum Gasteiger partial charge on any atom is 0.0525 e. The number of hydrogen-bond donors (Lipinski definition) is 1. The van der Waals surface area contributed by atoms with Gasteiger partial charge >= 0.3 is 0 Å². The summed E-state index contributed by atoms with van der Waals surface area (Å²) in [4.78, 5) is 1.22. The summed E-state index contributed by atoms with van der Waals surface area (Å²) in [6, 6.07) is 12.9. The molecule has 0 fully saturated rings. The Hall–Kier alpha value is -0.990. The average Bonchev–Trinajstić information content (AvgIpc) is 2.26. The van der Waals surface area contributed by atoms with Crippen LogP contribution in [-0.2, 0) is 0 Å². The third-order valence-corrected chi connectivity index (χ3v) is 3.30. The summed E-state index contributed by atoms with van der Waals surface area (Å²) in [5.74, 6) is 0.761. The van der Waals surface area contributed by atoms with Crippen molar-refractivity contribution in [3.63, 3.8) is 0 Å². The molecule has 1 N–H and O–H groups in total. The molecule has 2 aromatic rings. The van der Waals surface area contributed by atoms with Gasteiger partial charge in [0.15, 0.2) is 0 Å². The van der Waals surface area contributed by atoms with Crippen molar-refractivity contribution in [3.05, 3.63) is 42.0 Å². The second kappa shape index (κ2) is 4.69. The van der Waals surface area contributed by atoms with Crippen LogP contribution in [0.3, 0.4) is 0 Å². The summed E-state index contributed by atoms with van der Waals surface area (Å²) >= 11 is 1.69. The van der Waals surface area contributed by atoms with Gasteiger partial charge in [0, 0.05) is 10.6 Å². The first-order valence-corrected chi connectivity index (χ1v) is 6.02. The van der Waals surface area contributed by atoms with Crippen LogP contribution in [0.15, 0.2) is 41.3 Å². The van der Waals surface area contributed by atoms with Crippen molar-refractivity contribution < 1.29 is 5.11 Å². The van der Waals surface area contributed by atoms with Crippen LogP contribution >= 0.6 is 11.8 Å². The zero-order valence-electron chi connectivity index (χ0n) is 8.73. The molecule has 15 heavy (non-hydrogen) atoms. The smallest absolute Gasteiger partial charge is 0.0525 e. The highest BCUT2D eigenvalue weighted by Crippen LogP contribution is 2.24. The van der Waals surface area contributed by atoms with Crippen molar-refractivity contribution in [1.82, 2.24) is 0 Å². The van der Waals surface area contributed by atoms with Crippen LogP contribution in [0.2, 0.25) is 0 Å². The minimum atomic E-state index is 0.233. The number of aryl methyl sites for hydroxylation is 1. The average molecular weight is 218 g/mol. The summed E-state index contributed by atoms with van der Waals surface area (Å²) in [6.45, 7) is 2.34. The van der Waals surface area contributed by atoms with Crippen molar-refractivity contribution in [3.8, 4) is 0 Å². The molecule has 0 bridgehead atoms. The Morgan fingerprint density at radius 2 is 1.80 bits per heavy atom. The molecule has 2 heteroatoms. The molecule has 78 valence electrons. The molecule has 0 aliphatic heterocycles. The van der Waals surface area contributed by atoms with Gasteiger partial charge in [-0.3, -0.25) is 0 Å². The summed E-state index contributed by atoms with van der Waals surface area (Å²) in [6.07, 6.45) is 0. The Morgan fingerprint density at radius 3 is 2.60 bits per heavy atom. The fourth-order valence-electron chi connectivity index (χ4n) is 1.60. The first kappa shape index (κ1) is 10.5.